The summed E-state index contributed by atoms with van der Waals surface area (Å²) in [7, 11) is 1.68. The quantitative estimate of drug-likeness (QED) is 0.576. The van der Waals surface area contributed by atoms with Crippen LogP contribution in [-0.4, -0.2) is 7.11 Å². The van der Waals surface area contributed by atoms with Gasteiger partial charge < -0.3 is 14.8 Å². The van der Waals surface area contributed by atoms with E-state index in [4.69, 9.17) is 9.47 Å². The predicted octanol–water partition coefficient (Wildman–Crippen LogP) is 5.81. The first kappa shape index (κ1) is 18.8. The number of ether oxygens (including phenoxy) is 2. The van der Waals surface area contributed by atoms with E-state index in [1.165, 1.54) is 16.7 Å². The first-order chi connectivity index (χ1) is 13.1. The Kier molecular flexibility index (Phi) is 6.02. The number of benzene rings is 3. The molecular formula is C24H27NO2. The zero-order valence-electron chi connectivity index (χ0n) is 16.5. The van der Waals surface area contributed by atoms with Gasteiger partial charge in [-0.05, 0) is 55.7 Å². The van der Waals surface area contributed by atoms with E-state index in [1.807, 2.05) is 12.1 Å². The second-order valence-corrected chi connectivity index (χ2v) is 6.88. The van der Waals surface area contributed by atoms with Crippen molar-refractivity contribution in [3.8, 4) is 11.5 Å². The van der Waals surface area contributed by atoms with Crippen molar-refractivity contribution in [1.82, 2.24) is 0 Å². The highest BCUT2D eigenvalue weighted by molar-refractivity contribution is 5.52. The third-order valence-electron chi connectivity index (χ3n) is 4.77. The third kappa shape index (κ3) is 4.82. The van der Waals surface area contributed by atoms with Crippen molar-refractivity contribution < 1.29 is 9.47 Å². The van der Waals surface area contributed by atoms with Crippen LogP contribution in [0.5, 0.6) is 11.5 Å². The van der Waals surface area contributed by atoms with E-state index in [0.29, 0.717) is 13.2 Å². The van der Waals surface area contributed by atoms with E-state index in [0.717, 1.165) is 28.3 Å². The molecule has 1 N–H and O–H groups in total. The summed E-state index contributed by atoms with van der Waals surface area (Å²) in [6.45, 7) is 7.52. The van der Waals surface area contributed by atoms with Gasteiger partial charge in [0.1, 0.15) is 6.61 Å². The summed E-state index contributed by atoms with van der Waals surface area (Å²) in [6, 6.07) is 20.8. The van der Waals surface area contributed by atoms with E-state index in [-0.39, 0.29) is 0 Å². The Balaban J connectivity index is 1.76. The number of methoxy groups -OCH3 is 1. The van der Waals surface area contributed by atoms with E-state index in [1.54, 1.807) is 7.11 Å². The maximum Gasteiger partial charge on any atom is 0.166 e. The van der Waals surface area contributed by atoms with Crippen LogP contribution >= 0.6 is 0 Å². The van der Waals surface area contributed by atoms with Crippen molar-refractivity contribution in [1.29, 1.82) is 0 Å². The van der Waals surface area contributed by atoms with E-state index < -0.39 is 0 Å². The van der Waals surface area contributed by atoms with Crippen molar-refractivity contribution in [3.05, 3.63) is 88.5 Å². The SMILES string of the molecule is COc1cccc(CNc2ccc(C)c(C)c2)c1OCc1ccc(C)cc1. The summed E-state index contributed by atoms with van der Waals surface area (Å²) in [5, 5.41) is 3.49. The molecule has 0 aliphatic carbocycles. The van der Waals surface area contributed by atoms with Gasteiger partial charge in [0, 0.05) is 17.8 Å². The van der Waals surface area contributed by atoms with Crippen molar-refractivity contribution in [2.24, 2.45) is 0 Å². The first-order valence-electron chi connectivity index (χ1n) is 9.22. The molecule has 0 radical (unpaired) electrons. The average Bonchev–Trinajstić information content (AvgIpc) is 2.68. The van der Waals surface area contributed by atoms with Crippen molar-refractivity contribution in [2.75, 3.05) is 12.4 Å². The minimum absolute atomic E-state index is 0.511. The third-order valence-corrected chi connectivity index (χ3v) is 4.77. The molecule has 3 heteroatoms. The highest BCUT2D eigenvalue weighted by Gasteiger charge is 2.11. The fourth-order valence-electron chi connectivity index (χ4n) is 2.91. The maximum absolute atomic E-state index is 6.15. The molecule has 0 aliphatic rings. The summed E-state index contributed by atoms with van der Waals surface area (Å²) in [4.78, 5) is 0. The van der Waals surface area contributed by atoms with Crippen LogP contribution in [0.1, 0.15) is 27.8 Å². The van der Waals surface area contributed by atoms with Crippen LogP contribution in [0.2, 0.25) is 0 Å². The number of nitrogens with one attached hydrogen (secondary N) is 1. The molecule has 0 fully saturated rings. The van der Waals surface area contributed by atoms with Gasteiger partial charge in [0.25, 0.3) is 0 Å². The monoisotopic (exact) mass is 361 g/mol. The molecule has 3 aromatic rings. The highest BCUT2D eigenvalue weighted by Crippen LogP contribution is 2.32. The Morgan fingerprint density at radius 3 is 2.33 bits per heavy atom. The minimum Gasteiger partial charge on any atom is -0.493 e. The molecule has 3 rings (SSSR count). The summed E-state index contributed by atoms with van der Waals surface area (Å²) < 4.78 is 11.7. The Morgan fingerprint density at radius 2 is 1.63 bits per heavy atom. The van der Waals surface area contributed by atoms with Gasteiger partial charge in [0.15, 0.2) is 11.5 Å². The molecule has 0 heterocycles. The van der Waals surface area contributed by atoms with Crippen LogP contribution in [0, 0.1) is 20.8 Å². The standard InChI is InChI=1S/C24H27NO2/c1-17-8-11-20(12-9-17)16-27-24-21(6-5-7-23(24)26-4)15-25-22-13-10-18(2)19(3)14-22/h5-14,25H,15-16H2,1-4H3. The Labute approximate surface area is 162 Å². The summed E-state index contributed by atoms with van der Waals surface area (Å²) in [6.07, 6.45) is 0. The number of hydrogen-bond acceptors (Lipinski definition) is 3. The van der Waals surface area contributed by atoms with Gasteiger partial charge in [-0.2, -0.15) is 0 Å². The smallest absolute Gasteiger partial charge is 0.166 e. The molecule has 0 amide bonds. The van der Waals surface area contributed by atoms with Gasteiger partial charge in [-0.25, -0.2) is 0 Å². The molecule has 0 bridgehead atoms. The van der Waals surface area contributed by atoms with Gasteiger partial charge in [0.2, 0.25) is 0 Å². The lowest BCUT2D eigenvalue weighted by Crippen LogP contribution is -2.05. The van der Waals surface area contributed by atoms with Crippen LogP contribution < -0.4 is 14.8 Å². The van der Waals surface area contributed by atoms with Crippen LogP contribution in [0.15, 0.2) is 60.7 Å². The van der Waals surface area contributed by atoms with Crippen LogP contribution in [-0.2, 0) is 13.2 Å². The molecule has 0 saturated heterocycles. The fourth-order valence-corrected chi connectivity index (χ4v) is 2.91. The minimum atomic E-state index is 0.511. The van der Waals surface area contributed by atoms with Crippen molar-refractivity contribution >= 4 is 5.69 Å². The van der Waals surface area contributed by atoms with Gasteiger partial charge >= 0.3 is 0 Å². The lowest BCUT2D eigenvalue weighted by atomic mass is 10.1. The number of hydrogen-bond donors (Lipinski definition) is 1. The van der Waals surface area contributed by atoms with E-state index in [2.05, 4.69) is 74.6 Å². The molecule has 27 heavy (non-hydrogen) atoms. The molecule has 0 aliphatic heterocycles. The second kappa shape index (κ2) is 8.63. The van der Waals surface area contributed by atoms with Crippen LogP contribution in [0.4, 0.5) is 5.69 Å². The lowest BCUT2D eigenvalue weighted by molar-refractivity contribution is 0.281. The zero-order chi connectivity index (χ0) is 19.2. The molecular weight excluding hydrogens is 334 g/mol. The van der Waals surface area contributed by atoms with Gasteiger partial charge in [-0.1, -0.05) is 48.0 Å². The van der Waals surface area contributed by atoms with Crippen molar-refractivity contribution in [3.63, 3.8) is 0 Å². The number of aryl methyl sites for hydroxylation is 3. The second-order valence-electron chi connectivity index (χ2n) is 6.88. The molecule has 0 spiro atoms. The molecule has 0 saturated carbocycles. The fraction of sp³-hybridized carbons (Fsp3) is 0.250. The highest BCUT2D eigenvalue weighted by atomic mass is 16.5. The molecule has 3 nitrogen and oxygen atoms in total. The van der Waals surface area contributed by atoms with Gasteiger partial charge in [-0.3, -0.25) is 0 Å². The normalized spacial score (nSPS) is 10.5. The first-order valence-corrected chi connectivity index (χ1v) is 9.22. The summed E-state index contributed by atoms with van der Waals surface area (Å²) in [5.41, 5.74) is 7.13. The van der Waals surface area contributed by atoms with Crippen LogP contribution in [0.25, 0.3) is 0 Å². The van der Waals surface area contributed by atoms with E-state index >= 15 is 0 Å². The topological polar surface area (TPSA) is 30.5 Å². The zero-order valence-corrected chi connectivity index (χ0v) is 16.5. The maximum atomic E-state index is 6.15. The number of para-hydroxylation sites is 1. The van der Waals surface area contributed by atoms with Gasteiger partial charge in [0.05, 0.1) is 7.11 Å². The number of anilines is 1. The molecule has 3 aromatic carbocycles. The number of rotatable bonds is 7. The Morgan fingerprint density at radius 1 is 0.852 bits per heavy atom. The molecule has 0 aromatic heterocycles. The summed E-state index contributed by atoms with van der Waals surface area (Å²) in [5.74, 6) is 1.54. The lowest BCUT2D eigenvalue weighted by Gasteiger charge is -2.16. The summed E-state index contributed by atoms with van der Waals surface area (Å²) >= 11 is 0. The van der Waals surface area contributed by atoms with Crippen LogP contribution in [0.3, 0.4) is 0 Å². The largest absolute Gasteiger partial charge is 0.493 e. The van der Waals surface area contributed by atoms with E-state index in [9.17, 15) is 0 Å². The Hall–Kier alpha value is -2.94. The van der Waals surface area contributed by atoms with Crippen molar-refractivity contribution in [2.45, 2.75) is 33.9 Å². The molecule has 0 unspecified atom stereocenters. The Bertz CT molecular complexity index is 901. The van der Waals surface area contributed by atoms with Gasteiger partial charge in [-0.15, -0.1) is 0 Å². The molecule has 0 atom stereocenters. The molecule has 140 valence electrons. The average molecular weight is 361 g/mol. The predicted molar refractivity (Wildman–Crippen MR) is 112 cm³/mol.